The molecule has 0 amide bonds. The number of hydrogen-bond acceptors (Lipinski definition) is 4. The predicted octanol–water partition coefficient (Wildman–Crippen LogP) is 2.02. The quantitative estimate of drug-likeness (QED) is 0.628. The van der Waals surface area contributed by atoms with Gasteiger partial charge in [0.2, 0.25) is 0 Å². The number of benzene rings is 1. The smallest absolute Gasteiger partial charge is 0.340 e. The van der Waals surface area contributed by atoms with Crippen LogP contribution in [0, 0.1) is 0 Å². The second-order valence-electron chi connectivity index (χ2n) is 4.08. The number of carbonyl (C=O) groups excluding carboxylic acids is 1. The summed E-state index contributed by atoms with van der Waals surface area (Å²) in [6.45, 7) is 4.19. The van der Waals surface area contributed by atoms with Crippen LogP contribution >= 0.6 is 0 Å². The minimum absolute atomic E-state index is 0.149. The Bertz CT molecular complexity index is 388. The van der Waals surface area contributed by atoms with Gasteiger partial charge in [-0.15, -0.1) is 0 Å². The van der Waals surface area contributed by atoms with Crippen molar-refractivity contribution in [3.63, 3.8) is 0 Å². The molecule has 1 aromatic carbocycles. The summed E-state index contributed by atoms with van der Waals surface area (Å²) in [7, 11) is 1.63. The summed E-state index contributed by atoms with van der Waals surface area (Å²) in [6.07, 6.45) is 0.537. The average Bonchev–Trinajstić information content (AvgIpc) is 2.26. The Morgan fingerprint density at radius 1 is 1.41 bits per heavy atom. The van der Waals surface area contributed by atoms with Crippen LogP contribution in [0.15, 0.2) is 18.2 Å². The molecule has 94 valence electrons. The maximum absolute atomic E-state index is 11.8. The third-order valence-electron chi connectivity index (χ3n) is 2.33. The Morgan fingerprint density at radius 2 is 2.12 bits per heavy atom. The number of nitrogens with two attached hydrogens (primary N) is 1. The molecule has 0 bridgehead atoms. The number of hydrogen-bond donors (Lipinski definition) is 1. The summed E-state index contributed by atoms with van der Waals surface area (Å²) in [4.78, 5) is 11.8. The molecule has 4 nitrogen and oxygen atoms in total. The van der Waals surface area contributed by atoms with Crippen molar-refractivity contribution in [1.82, 2.24) is 0 Å². The van der Waals surface area contributed by atoms with E-state index < -0.39 is 0 Å². The fraction of sp³-hybridized carbons (Fsp3) is 0.462. The fourth-order valence-corrected chi connectivity index (χ4v) is 1.50. The number of esters is 1. The zero-order chi connectivity index (χ0) is 12.8. The standard InChI is InChI=1S/C13H19NO3/c1-9(2)17-13(15)11-6-4-5-10(12(11)14)7-8-16-3/h4-6,9H,7-8,14H2,1-3H3. The molecule has 4 heteroatoms. The van der Waals surface area contributed by atoms with Crippen molar-refractivity contribution in [2.45, 2.75) is 26.4 Å². The summed E-state index contributed by atoms with van der Waals surface area (Å²) < 4.78 is 10.1. The average molecular weight is 237 g/mol. The zero-order valence-corrected chi connectivity index (χ0v) is 10.5. The number of rotatable bonds is 5. The van der Waals surface area contributed by atoms with Crippen LogP contribution in [0.25, 0.3) is 0 Å². The number of carbonyl (C=O) groups is 1. The number of ether oxygens (including phenoxy) is 2. The van der Waals surface area contributed by atoms with Gasteiger partial charge in [-0.1, -0.05) is 12.1 Å². The van der Waals surface area contributed by atoms with Gasteiger partial charge >= 0.3 is 5.97 Å². The van der Waals surface area contributed by atoms with E-state index in [2.05, 4.69) is 0 Å². The lowest BCUT2D eigenvalue weighted by Crippen LogP contribution is -2.14. The van der Waals surface area contributed by atoms with Crippen molar-refractivity contribution in [3.8, 4) is 0 Å². The number of para-hydroxylation sites is 1. The molecule has 0 saturated heterocycles. The highest BCUT2D eigenvalue weighted by atomic mass is 16.5. The normalized spacial score (nSPS) is 10.6. The number of methoxy groups -OCH3 is 1. The monoisotopic (exact) mass is 237 g/mol. The maximum Gasteiger partial charge on any atom is 0.340 e. The molecule has 2 N–H and O–H groups in total. The van der Waals surface area contributed by atoms with Crippen molar-refractivity contribution in [1.29, 1.82) is 0 Å². The van der Waals surface area contributed by atoms with E-state index in [1.807, 2.05) is 19.9 Å². The SMILES string of the molecule is COCCc1cccc(C(=O)OC(C)C)c1N. The van der Waals surface area contributed by atoms with Gasteiger partial charge in [-0.3, -0.25) is 0 Å². The molecule has 0 aromatic heterocycles. The van der Waals surface area contributed by atoms with E-state index in [0.29, 0.717) is 24.3 Å². The summed E-state index contributed by atoms with van der Waals surface area (Å²) >= 11 is 0. The van der Waals surface area contributed by atoms with Crippen LogP contribution in [-0.2, 0) is 15.9 Å². The van der Waals surface area contributed by atoms with Crippen LogP contribution in [0.3, 0.4) is 0 Å². The van der Waals surface area contributed by atoms with E-state index in [-0.39, 0.29) is 12.1 Å². The first-order valence-electron chi connectivity index (χ1n) is 5.63. The van der Waals surface area contributed by atoms with Gasteiger partial charge in [0.1, 0.15) is 0 Å². The van der Waals surface area contributed by atoms with Crippen LogP contribution in [0.1, 0.15) is 29.8 Å². The van der Waals surface area contributed by atoms with E-state index in [1.54, 1.807) is 19.2 Å². The lowest BCUT2D eigenvalue weighted by atomic mass is 10.1. The Balaban J connectivity index is 2.89. The molecular formula is C13H19NO3. The molecule has 0 atom stereocenters. The molecule has 17 heavy (non-hydrogen) atoms. The van der Waals surface area contributed by atoms with Gasteiger partial charge in [0.25, 0.3) is 0 Å². The van der Waals surface area contributed by atoms with Gasteiger partial charge in [0.05, 0.1) is 18.3 Å². The van der Waals surface area contributed by atoms with Gasteiger partial charge in [0, 0.05) is 12.8 Å². The van der Waals surface area contributed by atoms with Gasteiger partial charge in [-0.2, -0.15) is 0 Å². The number of anilines is 1. The van der Waals surface area contributed by atoms with Gasteiger partial charge < -0.3 is 15.2 Å². The van der Waals surface area contributed by atoms with Crippen molar-refractivity contribution in [3.05, 3.63) is 29.3 Å². The Labute approximate surface area is 102 Å². The first-order chi connectivity index (χ1) is 8.06. The molecule has 0 aliphatic heterocycles. The first kappa shape index (κ1) is 13.5. The molecule has 0 heterocycles. The van der Waals surface area contributed by atoms with Gasteiger partial charge in [-0.05, 0) is 31.9 Å². The van der Waals surface area contributed by atoms with Crippen molar-refractivity contribution < 1.29 is 14.3 Å². The highest BCUT2D eigenvalue weighted by Crippen LogP contribution is 2.19. The Hall–Kier alpha value is -1.55. The minimum atomic E-state index is -0.378. The Morgan fingerprint density at radius 3 is 2.71 bits per heavy atom. The highest BCUT2D eigenvalue weighted by Gasteiger charge is 2.14. The van der Waals surface area contributed by atoms with Gasteiger partial charge in [-0.25, -0.2) is 4.79 Å². The third-order valence-corrected chi connectivity index (χ3v) is 2.33. The van der Waals surface area contributed by atoms with Crippen molar-refractivity contribution in [2.24, 2.45) is 0 Å². The zero-order valence-electron chi connectivity index (χ0n) is 10.5. The topological polar surface area (TPSA) is 61.5 Å². The second kappa shape index (κ2) is 6.25. The molecule has 0 aliphatic rings. The molecule has 1 rings (SSSR count). The molecule has 0 radical (unpaired) electrons. The molecule has 0 unspecified atom stereocenters. The van der Waals surface area contributed by atoms with E-state index in [9.17, 15) is 4.79 Å². The summed E-state index contributed by atoms with van der Waals surface area (Å²) in [5, 5.41) is 0. The van der Waals surface area contributed by atoms with E-state index in [4.69, 9.17) is 15.2 Å². The summed E-state index contributed by atoms with van der Waals surface area (Å²) in [6, 6.07) is 5.37. The fourth-order valence-electron chi connectivity index (χ4n) is 1.50. The molecule has 0 aliphatic carbocycles. The van der Waals surface area contributed by atoms with Crippen LogP contribution < -0.4 is 5.73 Å². The lowest BCUT2D eigenvalue weighted by molar-refractivity contribution is 0.0379. The maximum atomic E-state index is 11.8. The second-order valence-corrected chi connectivity index (χ2v) is 4.08. The van der Waals surface area contributed by atoms with E-state index >= 15 is 0 Å². The first-order valence-corrected chi connectivity index (χ1v) is 5.63. The molecule has 1 aromatic rings. The van der Waals surface area contributed by atoms with Crippen molar-refractivity contribution >= 4 is 11.7 Å². The van der Waals surface area contributed by atoms with Crippen LogP contribution in [0.2, 0.25) is 0 Å². The van der Waals surface area contributed by atoms with E-state index in [1.165, 1.54) is 0 Å². The molecule has 0 saturated carbocycles. The van der Waals surface area contributed by atoms with Crippen LogP contribution in [0.5, 0.6) is 0 Å². The van der Waals surface area contributed by atoms with E-state index in [0.717, 1.165) is 5.56 Å². The largest absolute Gasteiger partial charge is 0.459 e. The highest BCUT2D eigenvalue weighted by molar-refractivity contribution is 5.95. The molecule has 0 fully saturated rings. The molecular weight excluding hydrogens is 218 g/mol. The summed E-state index contributed by atoms with van der Waals surface area (Å²) in [5.74, 6) is -0.378. The van der Waals surface area contributed by atoms with Gasteiger partial charge in [0.15, 0.2) is 0 Å². The minimum Gasteiger partial charge on any atom is -0.459 e. The van der Waals surface area contributed by atoms with Crippen LogP contribution in [-0.4, -0.2) is 25.8 Å². The lowest BCUT2D eigenvalue weighted by Gasteiger charge is -2.12. The summed E-state index contributed by atoms with van der Waals surface area (Å²) in [5.41, 5.74) is 7.76. The third kappa shape index (κ3) is 3.75. The Kier molecular flexibility index (Phi) is 4.97. The van der Waals surface area contributed by atoms with Crippen LogP contribution in [0.4, 0.5) is 5.69 Å². The van der Waals surface area contributed by atoms with Crippen molar-refractivity contribution in [2.75, 3.05) is 19.5 Å². The number of nitrogen functional groups attached to an aromatic ring is 1. The molecule has 0 spiro atoms. The predicted molar refractivity (Wildman–Crippen MR) is 67.0 cm³/mol.